The zero-order valence-corrected chi connectivity index (χ0v) is 29.5. The second kappa shape index (κ2) is 15.2. The van der Waals surface area contributed by atoms with Crippen LogP contribution in [0.3, 0.4) is 0 Å². The van der Waals surface area contributed by atoms with Gasteiger partial charge in [-0.2, -0.15) is 0 Å². The molecule has 1 aromatic carbocycles. The van der Waals surface area contributed by atoms with Crippen LogP contribution in [0.2, 0.25) is 36.3 Å². The molecule has 0 spiro atoms. The van der Waals surface area contributed by atoms with E-state index in [4.69, 9.17) is 18.3 Å². The van der Waals surface area contributed by atoms with E-state index >= 15 is 0 Å². The highest BCUT2D eigenvalue weighted by molar-refractivity contribution is 6.74. The van der Waals surface area contributed by atoms with Gasteiger partial charge in [-0.1, -0.05) is 92.3 Å². The normalized spacial score (nSPS) is 16.6. The fraction of sp³-hybridized carbons (Fsp3) is 0.697. The molecule has 4 nitrogen and oxygen atoms in total. The van der Waals surface area contributed by atoms with Crippen molar-refractivity contribution in [1.82, 2.24) is 0 Å². The first-order valence-electron chi connectivity index (χ1n) is 14.7. The van der Waals surface area contributed by atoms with Crippen molar-refractivity contribution in [3.05, 3.63) is 54.6 Å². The van der Waals surface area contributed by atoms with Gasteiger partial charge in [-0.25, -0.2) is 0 Å². The molecule has 0 heterocycles. The minimum absolute atomic E-state index is 0.0456. The minimum atomic E-state index is -2.01. The van der Waals surface area contributed by atoms with E-state index < -0.39 is 16.6 Å². The van der Waals surface area contributed by atoms with Crippen LogP contribution in [0.5, 0.6) is 5.75 Å². The van der Waals surface area contributed by atoms with Gasteiger partial charge in [0.1, 0.15) is 5.75 Å². The highest BCUT2D eigenvalue weighted by Gasteiger charge is 2.42. The summed E-state index contributed by atoms with van der Waals surface area (Å²) in [6.07, 6.45) is 8.10. The van der Waals surface area contributed by atoms with Crippen molar-refractivity contribution in [2.45, 2.75) is 123 Å². The monoisotopic (exact) mass is 576 g/mol. The number of hydrogen-bond donors (Lipinski definition) is 0. The van der Waals surface area contributed by atoms with Crippen LogP contribution in [0.25, 0.3) is 0 Å². The lowest BCUT2D eigenvalue weighted by Crippen LogP contribution is -2.49. The Balaban J connectivity index is 3.19. The predicted octanol–water partition coefficient (Wildman–Crippen LogP) is 9.79. The van der Waals surface area contributed by atoms with Gasteiger partial charge in [-0.15, -0.1) is 0 Å². The Kier molecular flexibility index (Phi) is 13.9. The maximum atomic E-state index is 7.12. The maximum absolute atomic E-state index is 7.12. The third-order valence-corrected chi connectivity index (χ3v) is 17.9. The molecule has 0 aliphatic rings. The van der Waals surface area contributed by atoms with Gasteiger partial charge < -0.3 is 18.3 Å². The van der Waals surface area contributed by atoms with E-state index in [1.54, 1.807) is 7.11 Å². The van der Waals surface area contributed by atoms with Crippen LogP contribution in [0.4, 0.5) is 0 Å². The SMILES string of the molecule is C=C/C=C\[C@H](C)[C@H](O[Si](C)(C)C(C)(C)C)[C@H](C)[C@@H](CCCO[Si](C)(C)C(C)(C)C)OCc1ccc(OC)cc1. The molecule has 1 aromatic rings. The summed E-state index contributed by atoms with van der Waals surface area (Å²) in [5.74, 6) is 1.30. The van der Waals surface area contributed by atoms with Crippen molar-refractivity contribution >= 4 is 16.6 Å². The van der Waals surface area contributed by atoms with Crippen LogP contribution in [-0.4, -0.2) is 42.6 Å². The number of rotatable bonds is 16. The molecule has 0 saturated carbocycles. The fourth-order valence-electron chi connectivity index (χ4n) is 4.04. The van der Waals surface area contributed by atoms with Crippen molar-refractivity contribution in [2.24, 2.45) is 11.8 Å². The van der Waals surface area contributed by atoms with Crippen molar-refractivity contribution in [1.29, 1.82) is 0 Å². The Morgan fingerprint density at radius 3 is 1.95 bits per heavy atom. The quantitative estimate of drug-likeness (QED) is 0.111. The van der Waals surface area contributed by atoms with Gasteiger partial charge in [0, 0.05) is 12.5 Å². The molecule has 0 fully saturated rings. The molecule has 0 aromatic heterocycles. The van der Waals surface area contributed by atoms with E-state index in [2.05, 4.69) is 106 Å². The van der Waals surface area contributed by atoms with Crippen LogP contribution in [0.1, 0.15) is 73.8 Å². The summed E-state index contributed by atoms with van der Waals surface area (Å²) >= 11 is 0. The molecule has 0 saturated heterocycles. The van der Waals surface area contributed by atoms with Crippen molar-refractivity contribution in [2.75, 3.05) is 13.7 Å². The molecule has 0 radical (unpaired) electrons. The molecule has 0 aliphatic heterocycles. The number of methoxy groups -OCH3 is 1. The van der Waals surface area contributed by atoms with Crippen molar-refractivity contribution in [3.63, 3.8) is 0 Å². The summed E-state index contributed by atoms with van der Waals surface area (Å²) in [7, 11) is -2.10. The molecular formula is C33H60O4Si2. The molecule has 0 bridgehead atoms. The Morgan fingerprint density at radius 1 is 0.897 bits per heavy atom. The van der Waals surface area contributed by atoms with Crippen LogP contribution >= 0.6 is 0 Å². The molecule has 6 heteroatoms. The third kappa shape index (κ3) is 11.3. The standard InChI is InChI=1S/C33H60O4Si2/c1-15-16-18-26(2)31(37-39(13,14)33(7,8)9)27(3)30(19-17-24-36-38(11,12)32(4,5)6)35-25-28-20-22-29(34-10)23-21-28/h15-16,18,20-23,26-27,30-31H,1,17,19,24-25H2,2-14H3/b18-16-/t26-,27+,30+,31-/m0/s1. The van der Waals surface area contributed by atoms with Gasteiger partial charge >= 0.3 is 0 Å². The van der Waals surface area contributed by atoms with Crippen molar-refractivity contribution in [3.8, 4) is 5.75 Å². The van der Waals surface area contributed by atoms with E-state index in [9.17, 15) is 0 Å². The predicted molar refractivity (Wildman–Crippen MR) is 174 cm³/mol. The maximum Gasteiger partial charge on any atom is 0.192 e. The van der Waals surface area contributed by atoms with Crippen LogP contribution in [0.15, 0.2) is 49.1 Å². The summed E-state index contributed by atoms with van der Waals surface area (Å²) in [6, 6.07) is 8.16. The summed E-state index contributed by atoms with van der Waals surface area (Å²) in [5.41, 5.74) is 1.15. The summed E-state index contributed by atoms with van der Waals surface area (Å²) < 4.78 is 25.7. The second-order valence-electron chi connectivity index (χ2n) is 14.1. The Hall–Kier alpha value is -1.19. The van der Waals surface area contributed by atoms with E-state index in [1.807, 2.05) is 24.3 Å². The van der Waals surface area contributed by atoms with Gasteiger partial charge in [-0.05, 0) is 72.7 Å². The van der Waals surface area contributed by atoms with Gasteiger partial charge in [0.15, 0.2) is 16.6 Å². The summed E-state index contributed by atoms with van der Waals surface area (Å²) in [5, 5.41) is 0.336. The van der Waals surface area contributed by atoms with Crippen LogP contribution in [-0.2, 0) is 20.2 Å². The molecule has 0 amide bonds. The molecule has 0 N–H and O–H groups in total. The lowest BCUT2D eigenvalue weighted by atomic mass is 9.87. The number of ether oxygens (including phenoxy) is 2. The zero-order valence-electron chi connectivity index (χ0n) is 27.5. The van der Waals surface area contributed by atoms with Gasteiger partial charge in [0.05, 0.1) is 25.9 Å². The van der Waals surface area contributed by atoms with E-state index in [1.165, 1.54) is 0 Å². The van der Waals surface area contributed by atoms with Gasteiger partial charge in [0.2, 0.25) is 0 Å². The smallest absolute Gasteiger partial charge is 0.192 e. The minimum Gasteiger partial charge on any atom is -0.497 e. The zero-order chi connectivity index (χ0) is 30.1. The molecule has 0 aliphatic carbocycles. The summed E-state index contributed by atoms with van der Waals surface area (Å²) in [4.78, 5) is 0. The third-order valence-electron chi connectivity index (χ3n) is 8.94. The lowest BCUT2D eigenvalue weighted by Gasteiger charge is -2.44. The van der Waals surface area contributed by atoms with Gasteiger partial charge in [-0.3, -0.25) is 0 Å². The Morgan fingerprint density at radius 2 is 1.46 bits per heavy atom. The Bertz CT molecular complexity index is 878. The van der Waals surface area contributed by atoms with Crippen LogP contribution < -0.4 is 4.74 Å². The number of hydrogen-bond acceptors (Lipinski definition) is 4. The molecular weight excluding hydrogens is 517 g/mol. The number of benzene rings is 1. The van der Waals surface area contributed by atoms with Crippen molar-refractivity contribution < 1.29 is 18.3 Å². The molecule has 224 valence electrons. The first-order chi connectivity index (χ1) is 17.9. The van der Waals surface area contributed by atoms with E-state index in [-0.39, 0.29) is 34.1 Å². The Labute approximate surface area is 243 Å². The highest BCUT2D eigenvalue weighted by atomic mass is 28.4. The molecule has 0 unspecified atom stereocenters. The fourth-order valence-corrected chi connectivity index (χ4v) is 6.59. The highest BCUT2D eigenvalue weighted by Crippen LogP contribution is 2.40. The first-order valence-corrected chi connectivity index (χ1v) is 20.5. The topological polar surface area (TPSA) is 36.9 Å². The first kappa shape index (κ1) is 35.8. The summed E-state index contributed by atoms with van der Waals surface area (Å²) in [6.45, 7) is 32.9. The van der Waals surface area contributed by atoms with E-state index in [0.717, 1.165) is 30.8 Å². The van der Waals surface area contributed by atoms with E-state index in [0.29, 0.717) is 6.61 Å². The molecule has 39 heavy (non-hydrogen) atoms. The van der Waals surface area contributed by atoms with Gasteiger partial charge in [0.25, 0.3) is 0 Å². The second-order valence-corrected chi connectivity index (χ2v) is 23.7. The van der Waals surface area contributed by atoms with Crippen LogP contribution in [0, 0.1) is 11.8 Å². The molecule has 1 rings (SSSR count). The molecule has 4 atom stereocenters. The number of allylic oxidation sites excluding steroid dienone is 2. The lowest BCUT2D eigenvalue weighted by molar-refractivity contribution is -0.0490. The largest absolute Gasteiger partial charge is 0.497 e. The average molecular weight is 577 g/mol. The average Bonchev–Trinajstić information content (AvgIpc) is 2.83.